The van der Waals surface area contributed by atoms with Crippen molar-refractivity contribution in [3.63, 3.8) is 0 Å². The second-order valence-electron chi connectivity index (χ2n) is 4.18. The molecule has 90 valence electrons. The zero-order chi connectivity index (χ0) is 12.0. The molecule has 0 saturated carbocycles. The van der Waals surface area contributed by atoms with Crippen LogP contribution in [-0.4, -0.2) is 17.6 Å². The van der Waals surface area contributed by atoms with Crippen LogP contribution in [0, 0.1) is 5.92 Å². The maximum atomic E-state index is 11.7. The number of aliphatic imine (C=N–C) groups is 1. The summed E-state index contributed by atoms with van der Waals surface area (Å²) in [4.78, 5) is 27.2. The molecule has 0 aromatic heterocycles. The minimum atomic E-state index is -0.549. The minimum Gasteiger partial charge on any atom is -0.313 e. The molecule has 4 nitrogen and oxygen atoms in total. The van der Waals surface area contributed by atoms with Gasteiger partial charge in [0.2, 0.25) is 5.91 Å². The molecule has 4 heteroatoms. The lowest BCUT2D eigenvalue weighted by Crippen LogP contribution is -2.43. The summed E-state index contributed by atoms with van der Waals surface area (Å²) in [5, 5.41) is 2.71. The number of nitrogens with zero attached hydrogens (tertiary/aromatic N) is 1. The summed E-state index contributed by atoms with van der Waals surface area (Å²) in [6.45, 7) is 4.09. The number of nitrogens with one attached hydrogen (secondary N) is 1. The highest BCUT2D eigenvalue weighted by Crippen LogP contribution is 2.15. The molecule has 0 saturated heterocycles. The van der Waals surface area contributed by atoms with Crippen LogP contribution in [0.3, 0.4) is 0 Å². The average Bonchev–Trinajstić information content (AvgIpc) is 2.23. The van der Waals surface area contributed by atoms with Crippen LogP contribution in [0.25, 0.3) is 0 Å². The Balaban J connectivity index is 2.55. The second-order valence-corrected chi connectivity index (χ2v) is 4.18. The molecule has 1 aliphatic heterocycles. The molecule has 1 unspecified atom stereocenters. The molecule has 0 aliphatic carbocycles. The van der Waals surface area contributed by atoms with Crippen LogP contribution in [0.2, 0.25) is 0 Å². The first-order chi connectivity index (χ1) is 7.69. The average molecular weight is 224 g/mol. The molecule has 0 aromatic rings. The summed E-state index contributed by atoms with van der Waals surface area (Å²) in [6.07, 6.45) is 5.24. The van der Waals surface area contributed by atoms with Gasteiger partial charge >= 0.3 is 0 Å². The summed E-state index contributed by atoms with van der Waals surface area (Å²) in [7, 11) is 0. The highest BCUT2D eigenvalue weighted by Gasteiger charge is 2.30. The molecule has 0 radical (unpaired) electrons. The van der Waals surface area contributed by atoms with E-state index in [0.29, 0.717) is 18.7 Å². The van der Waals surface area contributed by atoms with Crippen LogP contribution in [0.1, 0.15) is 52.4 Å². The van der Waals surface area contributed by atoms with Crippen molar-refractivity contribution in [1.29, 1.82) is 0 Å². The van der Waals surface area contributed by atoms with E-state index in [0.717, 1.165) is 25.7 Å². The van der Waals surface area contributed by atoms with Gasteiger partial charge in [0, 0.05) is 6.42 Å². The highest BCUT2D eigenvalue weighted by atomic mass is 16.2. The Labute approximate surface area is 96.5 Å². The van der Waals surface area contributed by atoms with Gasteiger partial charge in [0.05, 0.1) is 0 Å². The Morgan fingerprint density at radius 1 is 1.19 bits per heavy atom. The molecule has 0 aromatic carbocycles. The van der Waals surface area contributed by atoms with Gasteiger partial charge in [0.25, 0.3) is 5.91 Å². The van der Waals surface area contributed by atoms with Gasteiger partial charge in [-0.3, -0.25) is 9.59 Å². The number of hydrogen-bond acceptors (Lipinski definition) is 2. The Morgan fingerprint density at radius 2 is 1.94 bits per heavy atom. The van der Waals surface area contributed by atoms with E-state index >= 15 is 0 Å². The Bertz CT molecular complexity index is 297. The van der Waals surface area contributed by atoms with Crippen molar-refractivity contribution < 1.29 is 9.59 Å². The van der Waals surface area contributed by atoms with Crippen LogP contribution < -0.4 is 5.32 Å². The number of amides is 2. The third-order valence-electron chi connectivity index (χ3n) is 2.71. The van der Waals surface area contributed by atoms with Crippen molar-refractivity contribution in [3.05, 3.63) is 0 Å². The van der Waals surface area contributed by atoms with Gasteiger partial charge in [0.1, 0.15) is 11.8 Å². The molecule has 0 spiro atoms. The van der Waals surface area contributed by atoms with E-state index in [4.69, 9.17) is 0 Å². The molecule has 2 amide bonds. The molecule has 16 heavy (non-hydrogen) atoms. The number of hydrogen-bond donors (Lipinski definition) is 1. The largest absolute Gasteiger partial charge is 0.313 e. The first-order valence-electron chi connectivity index (χ1n) is 6.11. The van der Waals surface area contributed by atoms with Gasteiger partial charge in [-0.05, 0) is 12.8 Å². The van der Waals surface area contributed by atoms with E-state index in [1.807, 2.05) is 6.92 Å². The lowest BCUT2D eigenvalue weighted by atomic mass is 9.98. The van der Waals surface area contributed by atoms with Crippen molar-refractivity contribution in [3.8, 4) is 0 Å². The van der Waals surface area contributed by atoms with Crippen molar-refractivity contribution in [1.82, 2.24) is 5.32 Å². The van der Waals surface area contributed by atoms with E-state index in [1.54, 1.807) is 0 Å². The van der Waals surface area contributed by atoms with E-state index in [9.17, 15) is 9.59 Å². The fraction of sp³-hybridized carbons (Fsp3) is 0.750. The quantitative estimate of drug-likeness (QED) is 0.554. The van der Waals surface area contributed by atoms with Crippen LogP contribution in [0.15, 0.2) is 4.99 Å². The SMILES string of the molecule is CCCCCC1C(=O)N=C(CCC)NC1=O. The Hall–Kier alpha value is -1.19. The molecule has 1 heterocycles. The third kappa shape index (κ3) is 3.43. The van der Waals surface area contributed by atoms with Gasteiger partial charge in [-0.1, -0.05) is 33.1 Å². The van der Waals surface area contributed by atoms with Crippen LogP contribution in [0.4, 0.5) is 0 Å². The second kappa shape index (κ2) is 6.40. The van der Waals surface area contributed by atoms with Crippen molar-refractivity contribution >= 4 is 17.6 Å². The molecular formula is C12H20N2O2. The normalized spacial score (nSPS) is 20.6. The summed E-state index contributed by atoms with van der Waals surface area (Å²) in [5.74, 6) is -0.445. The topological polar surface area (TPSA) is 58.5 Å². The minimum absolute atomic E-state index is 0.167. The molecular weight excluding hydrogens is 204 g/mol. The fourth-order valence-corrected chi connectivity index (χ4v) is 1.79. The third-order valence-corrected chi connectivity index (χ3v) is 2.71. The maximum absolute atomic E-state index is 11.7. The lowest BCUT2D eigenvalue weighted by Gasteiger charge is -2.19. The van der Waals surface area contributed by atoms with E-state index < -0.39 is 5.92 Å². The first-order valence-corrected chi connectivity index (χ1v) is 6.11. The molecule has 1 aliphatic rings. The van der Waals surface area contributed by atoms with E-state index in [2.05, 4.69) is 17.2 Å². The zero-order valence-corrected chi connectivity index (χ0v) is 10.1. The monoisotopic (exact) mass is 224 g/mol. The molecule has 1 rings (SSSR count). The van der Waals surface area contributed by atoms with Gasteiger partial charge < -0.3 is 5.32 Å². The fourth-order valence-electron chi connectivity index (χ4n) is 1.79. The van der Waals surface area contributed by atoms with Gasteiger partial charge in [-0.15, -0.1) is 0 Å². The maximum Gasteiger partial charge on any atom is 0.259 e. The number of unbranched alkanes of at least 4 members (excludes halogenated alkanes) is 2. The summed E-state index contributed by atoms with van der Waals surface area (Å²) in [5.41, 5.74) is 0. The van der Waals surface area contributed by atoms with Crippen LogP contribution >= 0.6 is 0 Å². The molecule has 0 bridgehead atoms. The Kier molecular flexibility index (Phi) is 5.15. The smallest absolute Gasteiger partial charge is 0.259 e. The Morgan fingerprint density at radius 3 is 2.50 bits per heavy atom. The highest BCUT2D eigenvalue weighted by molar-refractivity contribution is 6.15. The predicted octanol–water partition coefficient (Wildman–Crippen LogP) is 2.04. The summed E-state index contributed by atoms with van der Waals surface area (Å²) < 4.78 is 0. The summed E-state index contributed by atoms with van der Waals surface area (Å²) in [6, 6.07) is 0. The van der Waals surface area contributed by atoms with Crippen LogP contribution in [-0.2, 0) is 9.59 Å². The zero-order valence-electron chi connectivity index (χ0n) is 10.1. The van der Waals surface area contributed by atoms with Crippen molar-refractivity contribution in [2.45, 2.75) is 52.4 Å². The van der Waals surface area contributed by atoms with E-state index in [1.165, 1.54) is 0 Å². The lowest BCUT2D eigenvalue weighted by molar-refractivity contribution is -0.133. The van der Waals surface area contributed by atoms with Gasteiger partial charge in [-0.2, -0.15) is 4.99 Å². The van der Waals surface area contributed by atoms with Gasteiger partial charge in [-0.25, -0.2) is 0 Å². The first kappa shape index (κ1) is 12.9. The molecule has 1 N–H and O–H groups in total. The standard InChI is InChI=1S/C12H20N2O2/c1-3-5-6-8-9-11(15)13-10(7-4-2)14-12(9)16/h9H,3-8H2,1-2H3,(H,13,14,15,16). The van der Waals surface area contributed by atoms with E-state index in [-0.39, 0.29) is 11.8 Å². The number of amidine groups is 1. The number of carbonyl (C=O) groups excluding carboxylic acids is 2. The van der Waals surface area contributed by atoms with Gasteiger partial charge in [0.15, 0.2) is 0 Å². The number of carbonyl (C=O) groups is 2. The van der Waals surface area contributed by atoms with Crippen molar-refractivity contribution in [2.75, 3.05) is 0 Å². The van der Waals surface area contributed by atoms with Crippen LogP contribution in [0.5, 0.6) is 0 Å². The molecule has 1 atom stereocenters. The molecule has 0 fully saturated rings. The number of rotatable bonds is 6. The van der Waals surface area contributed by atoms with Crippen molar-refractivity contribution in [2.24, 2.45) is 10.9 Å². The predicted molar refractivity (Wildman–Crippen MR) is 63.1 cm³/mol. The summed E-state index contributed by atoms with van der Waals surface area (Å²) >= 11 is 0.